The molecular weight excluding hydrogens is 320 g/mol. The van der Waals surface area contributed by atoms with Crippen LogP contribution < -0.4 is 16.8 Å². The molecule has 2 aromatic rings. The number of guanidine groups is 1. The number of para-hydroxylation sites is 1. The summed E-state index contributed by atoms with van der Waals surface area (Å²) >= 11 is 0. The third-order valence-corrected chi connectivity index (χ3v) is 3.57. The highest BCUT2D eigenvalue weighted by Crippen LogP contribution is 2.23. The quantitative estimate of drug-likeness (QED) is 0.473. The SMILES string of the molecule is Cc1cccc(CCC(=O)O)c1NC(=O)c1cccc(N=C(N)N)c1. The van der Waals surface area contributed by atoms with Crippen LogP contribution in [0.3, 0.4) is 0 Å². The number of carboxylic acids is 1. The van der Waals surface area contributed by atoms with Gasteiger partial charge >= 0.3 is 5.97 Å². The van der Waals surface area contributed by atoms with Crippen molar-refractivity contribution < 1.29 is 14.7 Å². The Hall–Kier alpha value is -3.35. The van der Waals surface area contributed by atoms with Crippen molar-refractivity contribution in [3.05, 3.63) is 59.2 Å². The van der Waals surface area contributed by atoms with Crippen molar-refractivity contribution in [3.63, 3.8) is 0 Å². The summed E-state index contributed by atoms with van der Waals surface area (Å²) in [6.07, 6.45) is 0.326. The predicted octanol–water partition coefficient (Wildman–Crippen LogP) is 2.17. The molecule has 0 aliphatic carbocycles. The van der Waals surface area contributed by atoms with Gasteiger partial charge in [-0.25, -0.2) is 4.99 Å². The summed E-state index contributed by atoms with van der Waals surface area (Å²) in [5.41, 5.74) is 13.8. The zero-order valence-corrected chi connectivity index (χ0v) is 13.8. The summed E-state index contributed by atoms with van der Waals surface area (Å²) in [6.45, 7) is 1.86. The molecule has 7 nitrogen and oxygen atoms in total. The van der Waals surface area contributed by atoms with Crippen molar-refractivity contribution in [1.82, 2.24) is 0 Å². The molecule has 2 rings (SSSR count). The lowest BCUT2D eigenvalue weighted by molar-refractivity contribution is -0.136. The molecule has 0 aliphatic rings. The monoisotopic (exact) mass is 340 g/mol. The number of nitrogens with one attached hydrogen (secondary N) is 1. The highest BCUT2D eigenvalue weighted by Gasteiger charge is 2.12. The molecule has 0 fully saturated rings. The van der Waals surface area contributed by atoms with Gasteiger partial charge in [0.05, 0.1) is 5.69 Å². The van der Waals surface area contributed by atoms with Gasteiger partial charge in [-0.15, -0.1) is 0 Å². The number of hydrogen-bond acceptors (Lipinski definition) is 3. The minimum absolute atomic E-state index is 0.00764. The molecular formula is C18H20N4O3. The summed E-state index contributed by atoms with van der Waals surface area (Å²) in [7, 11) is 0. The van der Waals surface area contributed by atoms with Crippen molar-refractivity contribution in [2.24, 2.45) is 16.5 Å². The van der Waals surface area contributed by atoms with Crippen LogP contribution in [0.1, 0.15) is 27.9 Å². The van der Waals surface area contributed by atoms with Gasteiger partial charge in [0.1, 0.15) is 0 Å². The second-order valence-electron chi connectivity index (χ2n) is 5.54. The van der Waals surface area contributed by atoms with Gasteiger partial charge in [0.15, 0.2) is 5.96 Å². The van der Waals surface area contributed by atoms with Crippen LogP contribution >= 0.6 is 0 Å². The molecule has 130 valence electrons. The van der Waals surface area contributed by atoms with E-state index in [1.54, 1.807) is 30.3 Å². The van der Waals surface area contributed by atoms with Crippen molar-refractivity contribution in [2.75, 3.05) is 5.32 Å². The zero-order chi connectivity index (χ0) is 18.4. The first-order chi connectivity index (χ1) is 11.9. The molecule has 0 radical (unpaired) electrons. The van der Waals surface area contributed by atoms with E-state index in [1.165, 1.54) is 0 Å². The maximum absolute atomic E-state index is 12.6. The van der Waals surface area contributed by atoms with E-state index in [0.29, 0.717) is 23.4 Å². The Balaban J connectivity index is 2.26. The number of nitrogens with zero attached hydrogens (tertiary/aromatic N) is 1. The highest BCUT2D eigenvalue weighted by atomic mass is 16.4. The number of benzene rings is 2. The van der Waals surface area contributed by atoms with E-state index in [4.69, 9.17) is 16.6 Å². The fourth-order valence-corrected chi connectivity index (χ4v) is 2.41. The molecule has 0 atom stereocenters. The maximum Gasteiger partial charge on any atom is 0.303 e. The Bertz CT molecular complexity index is 827. The number of amides is 1. The summed E-state index contributed by atoms with van der Waals surface area (Å²) in [6, 6.07) is 12.1. The van der Waals surface area contributed by atoms with Crippen LogP contribution in [-0.4, -0.2) is 22.9 Å². The van der Waals surface area contributed by atoms with Crippen LogP contribution in [0.25, 0.3) is 0 Å². The van der Waals surface area contributed by atoms with E-state index in [9.17, 15) is 9.59 Å². The van der Waals surface area contributed by atoms with Gasteiger partial charge in [-0.2, -0.15) is 0 Å². The minimum Gasteiger partial charge on any atom is -0.481 e. The number of carbonyl (C=O) groups is 2. The fraction of sp³-hybridized carbons (Fsp3) is 0.167. The van der Waals surface area contributed by atoms with Gasteiger partial charge in [0, 0.05) is 17.7 Å². The van der Waals surface area contributed by atoms with Crippen molar-refractivity contribution in [3.8, 4) is 0 Å². The standard InChI is InChI=1S/C18H20N4O3/c1-11-4-2-5-12(8-9-15(23)24)16(11)22-17(25)13-6-3-7-14(10-13)21-18(19)20/h2-7,10H,8-9H2,1H3,(H,22,25)(H,23,24)(H4,19,20,21). The smallest absolute Gasteiger partial charge is 0.303 e. The van der Waals surface area contributed by atoms with Crippen LogP contribution in [-0.2, 0) is 11.2 Å². The minimum atomic E-state index is -0.885. The molecule has 0 bridgehead atoms. The first kappa shape index (κ1) is 18.0. The Morgan fingerprint density at radius 3 is 2.56 bits per heavy atom. The van der Waals surface area contributed by atoms with Crippen LogP contribution in [0.4, 0.5) is 11.4 Å². The zero-order valence-electron chi connectivity index (χ0n) is 13.8. The van der Waals surface area contributed by atoms with E-state index in [0.717, 1.165) is 11.1 Å². The van der Waals surface area contributed by atoms with Gasteiger partial charge in [-0.05, 0) is 42.7 Å². The number of hydrogen-bond donors (Lipinski definition) is 4. The van der Waals surface area contributed by atoms with E-state index in [2.05, 4.69) is 10.3 Å². The van der Waals surface area contributed by atoms with Crippen LogP contribution in [0.2, 0.25) is 0 Å². The van der Waals surface area contributed by atoms with Gasteiger partial charge in [-0.3, -0.25) is 9.59 Å². The number of aliphatic carboxylic acids is 1. The first-order valence-corrected chi connectivity index (χ1v) is 7.68. The molecule has 2 aromatic carbocycles. The third-order valence-electron chi connectivity index (χ3n) is 3.57. The van der Waals surface area contributed by atoms with Gasteiger partial charge in [0.2, 0.25) is 0 Å². The number of carboxylic acid groups (broad SMARTS) is 1. The Labute approximate surface area is 145 Å². The van der Waals surface area contributed by atoms with E-state index < -0.39 is 5.97 Å². The molecule has 0 saturated carbocycles. The number of anilines is 1. The lowest BCUT2D eigenvalue weighted by Crippen LogP contribution is -2.22. The largest absolute Gasteiger partial charge is 0.481 e. The van der Waals surface area contributed by atoms with E-state index in [1.807, 2.05) is 19.1 Å². The van der Waals surface area contributed by atoms with Crippen LogP contribution in [0, 0.1) is 6.92 Å². The van der Waals surface area contributed by atoms with Crippen LogP contribution in [0.15, 0.2) is 47.5 Å². The van der Waals surface area contributed by atoms with Crippen LogP contribution in [0.5, 0.6) is 0 Å². The Morgan fingerprint density at radius 2 is 1.88 bits per heavy atom. The highest BCUT2D eigenvalue weighted by molar-refractivity contribution is 6.05. The second-order valence-corrected chi connectivity index (χ2v) is 5.54. The second kappa shape index (κ2) is 7.96. The number of rotatable bonds is 6. The van der Waals surface area contributed by atoms with Gasteiger partial charge in [-0.1, -0.05) is 24.3 Å². The average Bonchev–Trinajstić information content (AvgIpc) is 2.54. The molecule has 0 saturated heterocycles. The molecule has 7 heteroatoms. The lowest BCUT2D eigenvalue weighted by Gasteiger charge is -2.14. The van der Waals surface area contributed by atoms with E-state index in [-0.39, 0.29) is 18.3 Å². The number of nitrogens with two attached hydrogens (primary N) is 2. The van der Waals surface area contributed by atoms with E-state index >= 15 is 0 Å². The molecule has 0 unspecified atom stereocenters. The first-order valence-electron chi connectivity index (χ1n) is 7.68. The molecule has 0 aliphatic heterocycles. The predicted molar refractivity (Wildman–Crippen MR) is 97.0 cm³/mol. The number of aliphatic imine (C=N–C) groups is 1. The fourth-order valence-electron chi connectivity index (χ4n) is 2.41. The summed E-state index contributed by atoms with van der Waals surface area (Å²) in [5.74, 6) is -1.30. The number of carbonyl (C=O) groups excluding carboxylic acids is 1. The maximum atomic E-state index is 12.6. The third kappa shape index (κ3) is 5.07. The summed E-state index contributed by atoms with van der Waals surface area (Å²) in [4.78, 5) is 27.3. The van der Waals surface area contributed by atoms with Gasteiger partial charge in [0.25, 0.3) is 5.91 Å². The molecule has 6 N–H and O–H groups in total. The summed E-state index contributed by atoms with van der Waals surface area (Å²) in [5, 5.41) is 11.7. The number of aryl methyl sites for hydroxylation is 2. The van der Waals surface area contributed by atoms with Gasteiger partial charge < -0.3 is 21.9 Å². The Kier molecular flexibility index (Phi) is 5.73. The van der Waals surface area contributed by atoms with Crippen molar-refractivity contribution in [1.29, 1.82) is 0 Å². The lowest BCUT2D eigenvalue weighted by atomic mass is 10.0. The summed E-state index contributed by atoms with van der Waals surface area (Å²) < 4.78 is 0. The topological polar surface area (TPSA) is 131 Å². The molecule has 1 amide bonds. The molecule has 25 heavy (non-hydrogen) atoms. The van der Waals surface area contributed by atoms with Crippen molar-refractivity contribution in [2.45, 2.75) is 19.8 Å². The normalized spacial score (nSPS) is 10.1. The molecule has 0 heterocycles. The molecule has 0 aromatic heterocycles. The average molecular weight is 340 g/mol. The molecule has 0 spiro atoms. The van der Waals surface area contributed by atoms with Crippen molar-refractivity contribution >= 4 is 29.2 Å². The Morgan fingerprint density at radius 1 is 1.16 bits per heavy atom.